The van der Waals surface area contributed by atoms with E-state index in [9.17, 15) is 9.18 Å². The van der Waals surface area contributed by atoms with Gasteiger partial charge < -0.3 is 10.6 Å². The highest BCUT2D eigenvalue weighted by molar-refractivity contribution is 5.77. The third kappa shape index (κ3) is 3.46. The highest BCUT2D eigenvalue weighted by Gasteiger charge is 2.23. The van der Waals surface area contributed by atoms with Crippen LogP contribution in [-0.2, 0) is 4.79 Å². The van der Waals surface area contributed by atoms with Crippen molar-refractivity contribution in [1.29, 1.82) is 0 Å². The maximum atomic E-state index is 12.9. The van der Waals surface area contributed by atoms with Gasteiger partial charge in [-0.25, -0.2) is 4.39 Å². The lowest BCUT2D eigenvalue weighted by Crippen LogP contribution is -2.42. The SMILES string of the molecule is CC(C)(N)CC(=O)N1CCC=C(F)C1. The van der Waals surface area contributed by atoms with Crippen molar-refractivity contribution >= 4 is 5.91 Å². The van der Waals surface area contributed by atoms with Crippen LogP contribution in [0.3, 0.4) is 0 Å². The van der Waals surface area contributed by atoms with Gasteiger partial charge in [0.2, 0.25) is 5.91 Å². The number of halogens is 1. The second-order valence-electron chi connectivity index (χ2n) is 4.42. The molecule has 0 aromatic carbocycles. The Hall–Kier alpha value is -0.900. The number of nitrogens with two attached hydrogens (primary N) is 1. The summed E-state index contributed by atoms with van der Waals surface area (Å²) < 4.78 is 12.9. The molecule has 2 N–H and O–H groups in total. The van der Waals surface area contributed by atoms with Gasteiger partial charge in [-0.1, -0.05) is 0 Å². The summed E-state index contributed by atoms with van der Waals surface area (Å²) in [5, 5.41) is 0. The van der Waals surface area contributed by atoms with Crippen LogP contribution in [0, 0.1) is 0 Å². The Labute approximate surface area is 83.8 Å². The van der Waals surface area contributed by atoms with Gasteiger partial charge in [-0.15, -0.1) is 0 Å². The molecule has 0 unspecified atom stereocenters. The van der Waals surface area contributed by atoms with Crippen LogP contribution >= 0.6 is 0 Å². The van der Waals surface area contributed by atoms with E-state index in [2.05, 4.69) is 0 Å². The van der Waals surface area contributed by atoms with Gasteiger partial charge in [-0.3, -0.25) is 4.79 Å². The first-order chi connectivity index (χ1) is 6.38. The van der Waals surface area contributed by atoms with Gasteiger partial charge >= 0.3 is 0 Å². The molecule has 0 saturated heterocycles. The van der Waals surface area contributed by atoms with E-state index in [1.807, 2.05) is 0 Å². The molecule has 0 spiro atoms. The Balaban J connectivity index is 2.50. The molecule has 0 bridgehead atoms. The molecule has 1 rings (SSSR count). The fourth-order valence-corrected chi connectivity index (χ4v) is 1.42. The summed E-state index contributed by atoms with van der Waals surface area (Å²) in [4.78, 5) is 13.1. The third-order valence-corrected chi connectivity index (χ3v) is 2.07. The molecular weight excluding hydrogens is 183 g/mol. The first kappa shape index (κ1) is 11.2. The highest BCUT2D eigenvalue weighted by atomic mass is 19.1. The van der Waals surface area contributed by atoms with Gasteiger partial charge in [0.1, 0.15) is 5.83 Å². The molecule has 1 amide bonds. The van der Waals surface area contributed by atoms with E-state index in [-0.39, 0.29) is 24.7 Å². The summed E-state index contributed by atoms with van der Waals surface area (Å²) in [5.74, 6) is -0.292. The molecule has 1 heterocycles. The molecule has 4 heteroatoms. The Kier molecular flexibility index (Phi) is 3.26. The average Bonchev–Trinajstić information content (AvgIpc) is 2.01. The minimum absolute atomic E-state index is 0.0687. The molecule has 1 aliphatic rings. The third-order valence-electron chi connectivity index (χ3n) is 2.07. The van der Waals surface area contributed by atoms with Crippen molar-refractivity contribution in [2.45, 2.75) is 32.2 Å². The number of carbonyl (C=O) groups excluding carboxylic acids is 1. The second kappa shape index (κ2) is 4.09. The van der Waals surface area contributed by atoms with Crippen LogP contribution in [0.15, 0.2) is 11.9 Å². The molecule has 0 fully saturated rings. The van der Waals surface area contributed by atoms with Crippen molar-refractivity contribution in [1.82, 2.24) is 4.90 Å². The number of nitrogens with zero attached hydrogens (tertiary/aromatic N) is 1. The lowest BCUT2D eigenvalue weighted by Gasteiger charge is -2.27. The number of amides is 1. The Bertz CT molecular complexity index is 255. The largest absolute Gasteiger partial charge is 0.336 e. The normalized spacial score (nSPS) is 18.0. The maximum absolute atomic E-state index is 12.9. The number of hydrogen-bond donors (Lipinski definition) is 1. The first-order valence-electron chi connectivity index (χ1n) is 4.80. The van der Waals surface area contributed by atoms with E-state index >= 15 is 0 Å². The van der Waals surface area contributed by atoms with Crippen molar-refractivity contribution in [2.75, 3.05) is 13.1 Å². The standard InChI is InChI=1S/C10H17FN2O/c1-10(2,12)6-9(14)13-5-3-4-8(11)7-13/h4H,3,5-7,12H2,1-2H3. The number of rotatable bonds is 2. The zero-order chi connectivity index (χ0) is 10.8. The van der Waals surface area contributed by atoms with Gasteiger partial charge in [0, 0.05) is 18.5 Å². The second-order valence-corrected chi connectivity index (χ2v) is 4.42. The minimum atomic E-state index is -0.519. The molecule has 1 aliphatic heterocycles. The molecule has 14 heavy (non-hydrogen) atoms. The van der Waals surface area contributed by atoms with E-state index in [4.69, 9.17) is 5.73 Å². The van der Waals surface area contributed by atoms with Crippen LogP contribution in [-0.4, -0.2) is 29.4 Å². The predicted molar refractivity (Wildman–Crippen MR) is 53.3 cm³/mol. The Morgan fingerprint density at radius 1 is 1.71 bits per heavy atom. The van der Waals surface area contributed by atoms with E-state index < -0.39 is 5.54 Å². The predicted octanol–water partition coefficient (Wildman–Crippen LogP) is 1.20. The topological polar surface area (TPSA) is 46.3 Å². The van der Waals surface area contributed by atoms with Crippen molar-refractivity contribution in [3.63, 3.8) is 0 Å². The molecule has 0 aromatic heterocycles. The van der Waals surface area contributed by atoms with Crippen molar-refractivity contribution in [3.05, 3.63) is 11.9 Å². The summed E-state index contributed by atoms with van der Waals surface area (Å²) in [6.07, 6.45) is 2.39. The van der Waals surface area contributed by atoms with Crippen LogP contribution in [0.4, 0.5) is 4.39 Å². The zero-order valence-electron chi connectivity index (χ0n) is 8.72. The summed E-state index contributed by atoms with van der Waals surface area (Å²) in [7, 11) is 0. The van der Waals surface area contributed by atoms with E-state index in [1.54, 1.807) is 13.8 Å². The van der Waals surface area contributed by atoms with E-state index in [0.717, 1.165) is 0 Å². The summed E-state index contributed by atoms with van der Waals surface area (Å²) in [6.45, 7) is 4.29. The lowest BCUT2D eigenvalue weighted by atomic mass is 10.0. The molecule has 0 radical (unpaired) electrons. The first-order valence-corrected chi connectivity index (χ1v) is 4.80. The molecule has 0 aliphatic carbocycles. The van der Waals surface area contributed by atoms with Crippen molar-refractivity contribution in [3.8, 4) is 0 Å². The van der Waals surface area contributed by atoms with Gasteiger partial charge in [-0.05, 0) is 26.3 Å². The van der Waals surface area contributed by atoms with Crippen LogP contribution in [0.2, 0.25) is 0 Å². The summed E-state index contributed by atoms with van der Waals surface area (Å²) in [6, 6.07) is 0. The monoisotopic (exact) mass is 200 g/mol. The average molecular weight is 200 g/mol. The van der Waals surface area contributed by atoms with Crippen molar-refractivity contribution in [2.24, 2.45) is 5.73 Å². The highest BCUT2D eigenvalue weighted by Crippen LogP contribution is 2.14. The van der Waals surface area contributed by atoms with Gasteiger partial charge in [0.05, 0.1) is 6.54 Å². The maximum Gasteiger partial charge on any atom is 0.224 e. The molecule has 0 saturated carbocycles. The number of carbonyl (C=O) groups is 1. The van der Waals surface area contributed by atoms with E-state index in [1.165, 1.54) is 11.0 Å². The van der Waals surface area contributed by atoms with Crippen LogP contribution in [0.5, 0.6) is 0 Å². The fraction of sp³-hybridized carbons (Fsp3) is 0.700. The molecule has 0 aromatic rings. The zero-order valence-corrected chi connectivity index (χ0v) is 8.72. The van der Waals surface area contributed by atoms with Crippen LogP contribution in [0.1, 0.15) is 26.7 Å². The van der Waals surface area contributed by atoms with Gasteiger partial charge in [0.15, 0.2) is 0 Å². The van der Waals surface area contributed by atoms with E-state index in [0.29, 0.717) is 13.0 Å². The number of hydrogen-bond acceptors (Lipinski definition) is 2. The van der Waals surface area contributed by atoms with Gasteiger partial charge in [-0.2, -0.15) is 0 Å². The molecule has 3 nitrogen and oxygen atoms in total. The summed E-state index contributed by atoms with van der Waals surface area (Å²) >= 11 is 0. The van der Waals surface area contributed by atoms with Crippen LogP contribution < -0.4 is 5.73 Å². The molecular formula is C10H17FN2O. The fourth-order valence-electron chi connectivity index (χ4n) is 1.42. The Morgan fingerprint density at radius 2 is 2.36 bits per heavy atom. The molecule has 80 valence electrons. The quantitative estimate of drug-likeness (QED) is 0.728. The minimum Gasteiger partial charge on any atom is -0.336 e. The smallest absolute Gasteiger partial charge is 0.224 e. The van der Waals surface area contributed by atoms with Crippen molar-refractivity contribution < 1.29 is 9.18 Å². The molecule has 0 atom stereocenters. The Morgan fingerprint density at radius 3 is 2.86 bits per heavy atom. The lowest BCUT2D eigenvalue weighted by molar-refractivity contribution is -0.132. The van der Waals surface area contributed by atoms with Crippen LogP contribution in [0.25, 0.3) is 0 Å². The summed E-state index contributed by atoms with van der Waals surface area (Å²) in [5.41, 5.74) is 5.20. The van der Waals surface area contributed by atoms with Gasteiger partial charge in [0.25, 0.3) is 0 Å².